The maximum absolute atomic E-state index is 13.3. The van der Waals surface area contributed by atoms with Gasteiger partial charge in [-0.2, -0.15) is 0 Å². The fraction of sp³-hybridized carbons (Fsp3) is 0.828. The van der Waals surface area contributed by atoms with Crippen molar-refractivity contribution in [3.8, 4) is 0 Å². The Labute approximate surface area is 473 Å². The van der Waals surface area contributed by atoms with Gasteiger partial charge in [-0.05, 0) is 57.8 Å². The van der Waals surface area contributed by atoms with Gasteiger partial charge in [0.25, 0.3) is 0 Å². The lowest BCUT2D eigenvalue weighted by Crippen LogP contribution is -2.65. The van der Waals surface area contributed by atoms with Crippen LogP contribution in [0, 0.1) is 0 Å². The Hall–Kier alpha value is -2.31. The lowest BCUT2D eigenvalue weighted by Gasteiger charge is -2.46. The predicted octanol–water partition coefficient (Wildman–Crippen LogP) is 11.3. The number of aliphatic hydroxyl groups excluding tert-OH is 8. The average molecular weight is 1110 g/mol. The van der Waals surface area contributed by atoms with Crippen molar-refractivity contribution in [2.45, 2.75) is 319 Å². The molecule has 0 spiro atoms. The van der Waals surface area contributed by atoms with E-state index in [4.69, 9.17) is 18.9 Å². The molecule has 0 bridgehead atoms. The van der Waals surface area contributed by atoms with E-state index in [-0.39, 0.29) is 18.9 Å². The van der Waals surface area contributed by atoms with Gasteiger partial charge >= 0.3 is 0 Å². The van der Waals surface area contributed by atoms with Gasteiger partial charge in [0.2, 0.25) is 5.91 Å². The summed E-state index contributed by atoms with van der Waals surface area (Å²) in [5, 5.41) is 87.2. The van der Waals surface area contributed by atoms with Crippen molar-refractivity contribution in [2.24, 2.45) is 0 Å². The summed E-state index contributed by atoms with van der Waals surface area (Å²) < 4.78 is 22.8. The Balaban J connectivity index is 1.73. The van der Waals surface area contributed by atoms with E-state index in [1.807, 2.05) is 6.08 Å². The molecular formula is C64H115NO13. The molecule has 78 heavy (non-hydrogen) atoms. The van der Waals surface area contributed by atoms with Gasteiger partial charge in [-0.3, -0.25) is 4.79 Å². The van der Waals surface area contributed by atoms with Crippen molar-refractivity contribution in [1.29, 1.82) is 0 Å². The van der Waals surface area contributed by atoms with E-state index in [1.54, 1.807) is 6.08 Å². The van der Waals surface area contributed by atoms with Crippen LogP contribution in [0.2, 0.25) is 0 Å². The molecule has 454 valence electrons. The van der Waals surface area contributed by atoms with Crippen LogP contribution in [0.15, 0.2) is 60.8 Å². The number of allylic oxidation sites excluding steroid dienone is 9. The molecule has 2 saturated heterocycles. The first kappa shape index (κ1) is 71.8. The minimum atomic E-state index is -1.79. The Kier molecular flexibility index (Phi) is 45.4. The normalized spacial score (nSPS) is 24.9. The number of nitrogens with one attached hydrogen (secondary N) is 1. The molecule has 0 aliphatic carbocycles. The Bertz CT molecular complexity index is 1540. The molecule has 2 aliphatic heterocycles. The quantitative estimate of drug-likeness (QED) is 0.0204. The molecule has 0 saturated carbocycles. The molecule has 0 radical (unpaired) electrons. The number of hydrogen-bond donors (Lipinski definition) is 9. The van der Waals surface area contributed by atoms with Gasteiger partial charge in [0, 0.05) is 6.42 Å². The van der Waals surface area contributed by atoms with Crippen LogP contribution in [0.25, 0.3) is 0 Å². The molecule has 1 amide bonds. The Morgan fingerprint density at radius 2 is 0.885 bits per heavy atom. The second-order valence-corrected chi connectivity index (χ2v) is 22.2. The van der Waals surface area contributed by atoms with Gasteiger partial charge in [0.15, 0.2) is 12.6 Å². The summed E-state index contributed by atoms with van der Waals surface area (Å²) in [6.07, 6.45) is 46.8. The number of ether oxygens (including phenoxy) is 4. The number of carbonyl (C=O) groups excluding carboxylic acids is 1. The summed E-state index contributed by atoms with van der Waals surface area (Å²) in [5.41, 5.74) is 0. The molecule has 0 aromatic rings. The molecule has 2 fully saturated rings. The Morgan fingerprint density at radius 1 is 0.474 bits per heavy atom. The molecule has 0 aromatic heterocycles. The first-order valence-corrected chi connectivity index (χ1v) is 31.5. The van der Waals surface area contributed by atoms with E-state index in [2.05, 4.69) is 67.8 Å². The van der Waals surface area contributed by atoms with Gasteiger partial charge in [-0.25, -0.2) is 0 Å². The second kappa shape index (κ2) is 49.3. The molecule has 12 unspecified atom stereocenters. The Morgan fingerprint density at radius 3 is 1.36 bits per heavy atom. The lowest BCUT2D eigenvalue weighted by molar-refractivity contribution is -0.359. The first-order valence-electron chi connectivity index (χ1n) is 31.5. The smallest absolute Gasteiger partial charge is 0.220 e. The summed E-state index contributed by atoms with van der Waals surface area (Å²) in [4.78, 5) is 13.3. The fourth-order valence-electron chi connectivity index (χ4n) is 10.2. The van der Waals surface area contributed by atoms with E-state index in [1.165, 1.54) is 148 Å². The monoisotopic (exact) mass is 1110 g/mol. The fourth-order valence-corrected chi connectivity index (χ4v) is 10.2. The van der Waals surface area contributed by atoms with Crippen LogP contribution in [0.1, 0.15) is 245 Å². The van der Waals surface area contributed by atoms with Gasteiger partial charge in [0.05, 0.1) is 32.0 Å². The topological polar surface area (TPSA) is 228 Å². The van der Waals surface area contributed by atoms with Crippen molar-refractivity contribution < 1.29 is 64.6 Å². The summed E-state index contributed by atoms with van der Waals surface area (Å²) >= 11 is 0. The van der Waals surface area contributed by atoms with Crippen molar-refractivity contribution in [3.63, 3.8) is 0 Å². The van der Waals surface area contributed by atoms with Gasteiger partial charge in [-0.1, -0.05) is 242 Å². The van der Waals surface area contributed by atoms with E-state index in [0.717, 1.165) is 70.6 Å². The highest BCUT2D eigenvalue weighted by molar-refractivity contribution is 5.76. The van der Waals surface area contributed by atoms with Crippen molar-refractivity contribution >= 4 is 5.91 Å². The van der Waals surface area contributed by atoms with E-state index in [9.17, 15) is 45.6 Å². The minimum absolute atomic E-state index is 0.242. The molecule has 0 aromatic carbocycles. The SMILES string of the molecule is CC/C=C\C/C=C\C/C=C\C/C=C\CCCCCCCCCCCCCCC(=O)NC(COC1OC(CO)C(OC2OC(CO)C(O)C(O)C2O)C(O)C1O)C(O)/C=C/CCCCCCCCCCCCCCCCCCC. The second-order valence-electron chi connectivity index (χ2n) is 22.2. The molecular weight excluding hydrogens is 991 g/mol. The summed E-state index contributed by atoms with van der Waals surface area (Å²) in [7, 11) is 0. The van der Waals surface area contributed by atoms with Crippen molar-refractivity contribution in [2.75, 3.05) is 19.8 Å². The zero-order valence-electron chi connectivity index (χ0n) is 48.9. The standard InChI is InChI=1S/C64H115NO13/c1-3-5-7-9-11-13-15-17-19-21-23-24-25-26-27-28-30-32-34-36-38-40-42-44-46-48-56(69)65-52(53(68)47-45-43-41-39-37-35-33-31-29-22-20-18-16-14-12-10-8-6-4-2)51-75-63-61(74)59(72)62(55(50-67)77-63)78-64-60(73)58(71)57(70)54(49-66)76-64/h5,7,11,13,17,19,23-24,45,47,52-55,57-64,66-68,70-74H,3-4,6,8-10,12,14-16,18,20-22,25-44,46,48-51H2,1-2H3,(H,65,69)/b7-5-,13-11-,19-17-,24-23-,47-45+. The molecule has 14 nitrogen and oxygen atoms in total. The minimum Gasteiger partial charge on any atom is -0.394 e. The van der Waals surface area contributed by atoms with Gasteiger partial charge in [-0.15, -0.1) is 0 Å². The number of unbranched alkanes of at least 4 members (excludes halogenated alkanes) is 29. The number of carbonyl (C=O) groups is 1. The van der Waals surface area contributed by atoms with Crippen LogP contribution in [-0.4, -0.2) is 140 Å². The lowest BCUT2D eigenvalue weighted by atomic mass is 9.97. The summed E-state index contributed by atoms with van der Waals surface area (Å²) in [6.45, 7) is 2.70. The van der Waals surface area contributed by atoms with Crippen LogP contribution in [0.4, 0.5) is 0 Å². The van der Waals surface area contributed by atoms with Gasteiger partial charge < -0.3 is 65.1 Å². The highest BCUT2D eigenvalue weighted by Gasteiger charge is 2.51. The molecule has 14 heteroatoms. The number of hydrogen-bond acceptors (Lipinski definition) is 13. The largest absolute Gasteiger partial charge is 0.394 e. The van der Waals surface area contributed by atoms with Crippen molar-refractivity contribution in [1.82, 2.24) is 5.32 Å². The molecule has 2 rings (SSSR count). The van der Waals surface area contributed by atoms with Crippen LogP contribution < -0.4 is 5.32 Å². The van der Waals surface area contributed by atoms with Crippen LogP contribution >= 0.6 is 0 Å². The molecule has 9 N–H and O–H groups in total. The van der Waals surface area contributed by atoms with Gasteiger partial charge in [0.1, 0.15) is 48.8 Å². The number of aliphatic hydroxyl groups is 8. The molecule has 2 aliphatic rings. The molecule has 12 atom stereocenters. The number of rotatable bonds is 50. The zero-order valence-corrected chi connectivity index (χ0v) is 48.9. The third-order valence-electron chi connectivity index (χ3n) is 15.2. The maximum Gasteiger partial charge on any atom is 0.220 e. The highest BCUT2D eigenvalue weighted by Crippen LogP contribution is 2.30. The van der Waals surface area contributed by atoms with Crippen LogP contribution in [0.5, 0.6) is 0 Å². The molecule has 2 heterocycles. The van der Waals surface area contributed by atoms with Crippen molar-refractivity contribution in [3.05, 3.63) is 60.8 Å². The van der Waals surface area contributed by atoms with E-state index in [0.29, 0.717) is 6.42 Å². The summed E-state index contributed by atoms with van der Waals surface area (Å²) in [6, 6.07) is -0.918. The average Bonchev–Trinajstić information content (AvgIpc) is 3.44. The van der Waals surface area contributed by atoms with Crippen LogP contribution in [0.3, 0.4) is 0 Å². The summed E-state index contributed by atoms with van der Waals surface area (Å²) in [5.74, 6) is -0.242. The highest BCUT2D eigenvalue weighted by atomic mass is 16.7. The maximum atomic E-state index is 13.3. The third-order valence-corrected chi connectivity index (χ3v) is 15.2. The predicted molar refractivity (Wildman–Crippen MR) is 314 cm³/mol. The van der Waals surface area contributed by atoms with Crippen LogP contribution in [-0.2, 0) is 23.7 Å². The number of amides is 1. The van der Waals surface area contributed by atoms with E-state index < -0.39 is 86.8 Å². The first-order chi connectivity index (χ1) is 38.1. The zero-order chi connectivity index (χ0) is 56.7. The van der Waals surface area contributed by atoms with E-state index >= 15 is 0 Å². The third kappa shape index (κ3) is 34.2.